The van der Waals surface area contributed by atoms with E-state index in [-0.39, 0.29) is 35.2 Å². The zero-order chi connectivity index (χ0) is 28.5. The van der Waals surface area contributed by atoms with E-state index < -0.39 is 0 Å². The topological polar surface area (TPSA) is 116 Å². The molecule has 0 N–H and O–H groups in total. The molecule has 1 atom stereocenters. The second kappa shape index (κ2) is 14.0. The van der Waals surface area contributed by atoms with Crippen LogP contribution in [0.5, 0.6) is 5.75 Å². The van der Waals surface area contributed by atoms with Crippen molar-refractivity contribution in [2.24, 2.45) is 0 Å². The third-order valence-corrected chi connectivity index (χ3v) is 7.48. The van der Waals surface area contributed by atoms with Gasteiger partial charge in [0.15, 0.2) is 5.16 Å². The summed E-state index contributed by atoms with van der Waals surface area (Å²) in [5.41, 5.74) is 1.47. The number of hydrogen-bond acceptors (Lipinski definition) is 9. The summed E-state index contributed by atoms with van der Waals surface area (Å²) < 4.78 is 5.26. The van der Waals surface area contributed by atoms with Crippen LogP contribution in [-0.4, -0.2) is 81.6 Å². The number of halogens is 1. The normalized spacial score (nSPS) is 14.9. The van der Waals surface area contributed by atoms with Crippen LogP contribution in [0.25, 0.3) is 0 Å². The van der Waals surface area contributed by atoms with Crippen molar-refractivity contribution in [1.29, 1.82) is 5.26 Å². The Balaban J connectivity index is 1.39. The van der Waals surface area contributed by atoms with Gasteiger partial charge in [0.05, 0.1) is 25.4 Å². The summed E-state index contributed by atoms with van der Waals surface area (Å²) in [6, 6.07) is 14.6. The van der Waals surface area contributed by atoms with Crippen LogP contribution < -0.4 is 9.64 Å². The number of thioether (sulfide) groups is 1. The molecule has 0 radical (unpaired) electrons. The first-order valence-electron chi connectivity index (χ1n) is 12.8. The van der Waals surface area contributed by atoms with Gasteiger partial charge in [-0.2, -0.15) is 5.26 Å². The standard InChI is InChI=1S/C28H30ClN7O3S/c1-20-17-34(12-13-36(20)27(38)22-7-3-8-23(14-22)39-2)25-15-24(29)32-28(33-25)40-19-26(37)35(11-5-9-30)18-21-6-4-10-31-16-21/h3-4,6-8,10,14-16,20H,5,11-13,17-19H2,1-2H3. The molecule has 4 rings (SSSR count). The lowest BCUT2D eigenvalue weighted by Gasteiger charge is -2.40. The first kappa shape index (κ1) is 29.1. The molecule has 3 aromatic rings. The Hall–Kier alpha value is -3.88. The molecule has 0 saturated carbocycles. The fourth-order valence-corrected chi connectivity index (χ4v) is 5.39. The quantitative estimate of drug-likeness (QED) is 0.200. The van der Waals surface area contributed by atoms with Crippen molar-refractivity contribution < 1.29 is 14.3 Å². The summed E-state index contributed by atoms with van der Waals surface area (Å²) in [7, 11) is 1.58. The molecule has 1 aliphatic rings. The molecule has 1 aromatic carbocycles. The van der Waals surface area contributed by atoms with E-state index in [4.69, 9.17) is 21.6 Å². The highest BCUT2D eigenvalue weighted by atomic mass is 35.5. The van der Waals surface area contributed by atoms with Gasteiger partial charge in [0.1, 0.15) is 16.7 Å². The van der Waals surface area contributed by atoms with Crippen LogP contribution in [-0.2, 0) is 11.3 Å². The number of nitrogens with zero attached hydrogens (tertiary/aromatic N) is 7. The summed E-state index contributed by atoms with van der Waals surface area (Å²) in [6.45, 7) is 4.35. The van der Waals surface area contributed by atoms with Gasteiger partial charge in [-0.1, -0.05) is 35.5 Å². The molecule has 40 heavy (non-hydrogen) atoms. The van der Waals surface area contributed by atoms with Gasteiger partial charge in [-0.15, -0.1) is 0 Å². The number of benzene rings is 1. The number of carbonyl (C=O) groups is 2. The zero-order valence-electron chi connectivity index (χ0n) is 22.4. The van der Waals surface area contributed by atoms with Crippen molar-refractivity contribution >= 4 is 41.0 Å². The van der Waals surface area contributed by atoms with Gasteiger partial charge >= 0.3 is 0 Å². The number of nitriles is 1. The van der Waals surface area contributed by atoms with E-state index in [1.54, 1.807) is 48.7 Å². The van der Waals surface area contributed by atoms with E-state index in [2.05, 4.69) is 25.9 Å². The van der Waals surface area contributed by atoms with Crippen molar-refractivity contribution in [3.05, 3.63) is 71.1 Å². The first-order chi connectivity index (χ1) is 19.4. The maximum Gasteiger partial charge on any atom is 0.254 e. The molecule has 2 aromatic heterocycles. The van der Waals surface area contributed by atoms with Gasteiger partial charge in [0, 0.05) is 62.8 Å². The van der Waals surface area contributed by atoms with Gasteiger partial charge in [-0.05, 0) is 36.8 Å². The summed E-state index contributed by atoms with van der Waals surface area (Å²) in [5.74, 6) is 1.21. The summed E-state index contributed by atoms with van der Waals surface area (Å²) in [5, 5.41) is 9.69. The van der Waals surface area contributed by atoms with Crippen LogP contribution in [0.15, 0.2) is 60.0 Å². The van der Waals surface area contributed by atoms with Crippen molar-refractivity contribution in [2.75, 3.05) is 43.9 Å². The number of ether oxygens (including phenoxy) is 1. The van der Waals surface area contributed by atoms with E-state index in [9.17, 15) is 9.59 Å². The number of piperazine rings is 1. The van der Waals surface area contributed by atoms with Crippen molar-refractivity contribution in [3.63, 3.8) is 0 Å². The fourth-order valence-electron chi connectivity index (χ4n) is 4.41. The molecular formula is C28H30ClN7O3S. The molecule has 12 heteroatoms. The van der Waals surface area contributed by atoms with Gasteiger partial charge in [0.25, 0.3) is 5.91 Å². The smallest absolute Gasteiger partial charge is 0.254 e. The molecule has 1 unspecified atom stereocenters. The Morgan fingerprint density at radius 3 is 2.80 bits per heavy atom. The van der Waals surface area contributed by atoms with E-state index in [0.717, 1.165) is 5.56 Å². The Labute approximate surface area is 242 Å². The minimum atomic E-state index is -0.132. The molecule has 0 bridgehead atoms. The van der Waals surface area contributed by atoms with Crippen LogP contribution in [0, 0.1) is 11.3 Å². The minimum absolute atomic E-state index is 0.0474. The molecule has 0 aliphatic carbocycles. The van der Waals surface area contributed by atoms with Crippen LogP contribution >= 0.6 is 23.4 Å². The molecule has 2 amide bonds. The second-order valence-electron chi connectivity index (χ2n) is 9.23. The largest absolute Gasteiger partial charge is 0.497 e. The molecule has 10 nitrogen and oxygen atoms in total. The van der Waals surface area contributed by atoms with E-state index in [1.807, 2.05) is 30.0 Å². The molecular weight excluding hydrogens is 550 g/mol. The van der Waals surface area contributed by atoms with E-state index >= 15 is 0 Å². The SMILES string of the molecule is COc1cccc(C(=O)N2CCN(c3cc(Cl)nc(SCC(=O)N(CCC#N)Cc4cccnc4)n3)CC2C)c1. The van der Waals surface area contributed by atoms with Crippen LogP contribution in [0.1, 0.15) is 29.3 Å². The predicted octanol–water partition coefficient (Wildman–Crippen LogP) is 3.92. The van der Waals surface area contributed by atoms with Crippen molar-refractivity contribution in [1.82, 2.24) is 24.8 Å². The maximum atomic E-state index is 13.2. The summed E-state index contributed by atoms with van der Waals surface area (Å²) >= 11 is 7.54. The number of carbonyl (C=O) groups excluding carboxylic acids is 2. The average Bonchev–Trinajstić information content (AvgIpc) is 2.98. The number of aromatic nitrogens is 3. The van der Waals surface area contributed by atoms with E-state index in [0.29, 0.717) is 55.0 Å². The first-order valence-corrected chi connectivity index (χ1v) is 14.1. The Bertz CT molecular complexity index is 1370. The number of pyridine rings is 1. The molecule has 1 aliphatic heterocycles. The Morgan fingerprint density at radius 1 is 1.23 bits per heavy atom. The third kappa shape index (κ3) is 7.61. The Morgan fingerprint density at radius 2 is 2.08 bits per heavy atom. The molecule has 208 valence electrons. The monoisotopic (exact) mass is 579 g/mol. The van der Waals surface area contributed by atoms with Crippen molar-refractivity contribution in [3.8, 4) is 11.8 Å². The highest BCUT2D eigenvalue weighted by Gasteiger charge is 2.29. The highest BCUT2D eigenvalue weighted by Crippen LogP contribution is 2.25. The molecule has 3 heterocycles. The predicted molar refractivity (Wildman–Crippen MR) is 153 cm³/mol. The number of methoxy groups -OCH3 is 1. The summed E-state index contributed by atoms with van der Waals surface area (Å²) in [4.78, 5) is 44.8. The third-order valence-electron chi connectivity index (χ3n) is 6.46. The van der Waals surface area contributed by atoms with Gasteiger partial charge in [0.2, 0.25) is 5.91 Å². The lowest BCUT2D eigenvalue weighted by molar-refractivity contribution is -0.128. The maximum absolute atomic E-state index is 13.2. The zero-order valence-corrected chi connectivity index (χ0v) is 23.9. The average molecular weight is 580 g/mol. The molecule has 1 fully saturated rings. The minimum Gasteiger partial charge on any atom is -0.497 e. The van der Waals surface area contributed by atoms with Gasteiger partial charge in [-0.3, -0.25) is 14.6 Å². The number of amides is 2. The fraction of sp³-hybridized carbons (Fsp3) is 0.357. The number of rotatable bonds is 10. The molecule has 1 saturated heterocycles. The lowest BCUT2D eigenvalue weighted by atomic mass is 10.1. The van der Waals surface area contributed by atoms with Crippen LogP contribution in [0.3, 0.4) is 0 Å². The number of anilines is 1. The lowest BCUT2D eigenvalue weighted by Crippen LogP contribution is -2.54. The van der Waals surface area contributed by atoms with Gasteiger partial charge < -0.3 is 19.4 Å². The molecule has 0 spiro atoms. The highest BCUT2D eigenvalue weighted by molar-refractivity contribution is 7.99. The Kier molecular flexibility index (Phi) is 10.2. The van der Waals surface area contributed by atoms with Crippen LogP contribution in [0.2, 0.25) is 5.15 Å². The van der Waals surface area contributed by atoms with E-state index in [1.165, 1.54) is 11.8 Å². The van der Waals surface area contributed by atoms with Crippen LogP contribution in [0.4, 0.5) is 5.82 Å². The summed E-state index contributed by atoms with van der Waals surface area (Å²) in [6.07, 6.45) is 3.62. The van der Waals surface area contributed by atoms with Crippen molar-refractivity contribution in [2.45, 2.75) is 31.1 Å². The number of hydrogen-bond donors (Lipinski definition) is 0. The second-order valence-corrected chi connectivity index (χ2v) is 10.6. The van der Waals surface area contributed by atoms with Gasteiger partial charge in [-0.25, -0.2) is 9.97 Å².